The summed E-state index contributed by atoms with van der Waals surface area (Å²) in [6.45, 7) is 1.77. The second kappa shape index (κ2) is 5.06. The Morgan fingerprint density at radius 1 is 1.53 bits per heavy atom. The molecule has 6 heteroatoms. The van der Waals surface area contributed by atoms with Gasteiger partial charge in [0.2, 0.25) is 0 Å². The van der Waals surface area contributed by atoms with E-state index in [9.17, 15) is 8.42 Å². The van der Waals surface area contributed by atoms with Crippen LogP contribution in [0, 0.1) is 11.3 Å². The molecule has 0 heterocycles. The number of nitrogens with one attached hydrogen (secondary N) is 1. The lowest BCUT2D eigenvalue weighted by Crippen LogP contribution is -2.25. The van der Waals surface area contributed by atoms with Gasteiger partial charge < -0.3 is 11.1 Å². The number of hydrogen-bond donors (Lipinski definition) is 2. The van der Waals surface area contributed by atoms with Gasteiger partial charge in [-0.2, -0.15) is 5.26 Å². The molecule has 0 bridgehead atoms. The standard InChI is InChI=1S/C11H15N3O2S/c1-8(7-17(2,15)16)14-10-4-3-9(6-12)11(13)5-10/h3-5,8,14H,7,13H2,1-2H3. The summed E-state index contributed by atoms with van der Waals surface area (Å²) in [6, 6.07) is 6.68. The molecule has 0 saturated heterocycles. The fraction of sp³-hybridized carbons (Fsp3) is 0.364. The molecule has 0 amide bonds. The van der Waals surface area contributed by atoms with E-state index >= 15 is 0 Å². The van der Waals surface area contributed by atoms with Crippen LogP contribution in [0.5, 0.6) is 0 Å². The summed E-state index contributed by atoms with van der Waals surface area (Å²) in [5, 5.41) is 11.7. The monoisotopic (exact) mass is 253 g/mol. The van der Waals surface area contributed by atoms with Crippen molar-refractivity contribution in [3.05, 3.63) is 23.8 Å². The van der Waals surface area contributed by atoms with Crippen LogP contribution < -0.4 is 11.1 Å². The summed E-state index contributed by atoms with van der Waals surface area (Å²) in [7, 11) is -3.01. The Morgan fingerprint density at radius 2 is 2.18 bits per heavy atom. The number of rotatable bonds is 4. The van der Waals surface area contributed by atoms with Gasteiger partial charge in [0.15, 0.2) is 0 Å². The zero-order valence-electron chi connectivity index (χ0n) is 9.77. The highest BCUT2D eigenvalue weighted by Gasteiger charge is 2.10. The number of benzene rings is 1. The predicted octanol–water partition coefficient (Wildman–Crippen LogP) is 0.985. The van der Waals surface area contributed by atoms with Crippen LogP contribution in [0.15, 0.2) is 18.2 Å². The number of hydrogen-bond acceptors (Lipinski definition) is 5. The normalized spacial score (nSPS) is 12.8. The maximum atomic E-state index is 11.1. The topological polar surface area (TPSA) is 96.0 Å². The molecule has 1 aromatic rings. The Kier molecular flexibility index (Phi) is 3.97. The van der Waals surface area contributed by atoms with Crippen LogP contribution in [0.1, 0.15) is 12.5 Å². The molecule has 0 spiro atoms. The fourth-order valence-electron chi connectivity index (χ4n) is 1.53. The largest absolute Gasteiger partial charge is 0.398 e. The molecule has 17 heavy (non-hydrogen) atoms. The van der Waals surface area contributed by atoms with Crippen molar-refractivity contribution in [2.24, 2.45) is 0 Å². The second-order valence-corrected chi connectivity index (χ2v) is 6.24. The lowest BCUT2D eigenvalue weighted by Gasteiger charge is -2.14. The minimum Gasteiger partial charge on any atom is -0.398 e. The summed E-state index contributed by atoms with van der Waals surface area (Å²) in [5.41, 5.74) is 7.15. The highest BCUT2D eigenvalue weighted by atomic mass is 32.2. The lowest BCUT2D eigenvalue weighted by molar-refractivity contribution is 0.598. The third-order valence-corrected chi connectivity index (χ3v) is 3.24. The van der Waals surface area contributed by atoms with Crippen molar-refractivity contribution in [3.8, 4) is 6.07 Å². The van der Waals surface area contributed by atoms with E-state index < -0.39 is 9.84 Å². The highest BCUT2D eigenvalue weighted by molar-refractivity contribution is 7.90. The third kappa shape index (κ3) is 4.33. The molecule has 0 saturated carbocycles. The summed E-state index contributed by atoms with van der Waals surface area (Å²) >= 11 is 0. The Balaban J connectivity index is 2.77. The molecule has 0 aliphatic carbocycles. The van der Waals surface area contributed by atoms with Crippen LogP contribution in [0.2, 0.25) is 0 Å². The van der Waals surface area contributed by atoms with Gasteiger partial charge in [0.05, 0.1) is 17.0 Å². The first kappa shape index (κ1) is 13.3. The molecule has 0 aliphatic heterocycles. The molecule has 1 unspecified atom stereocenters. The van der Waals surface area contributed by atoms with E-state index in [1.807, 2.05) is 6.07 Å². The SMILES string of the molecule is CC(CS(C)(=O)=O)Nc1ccc(C#N)c(N)c1. The number of nitrogens with zero attached hydrogens (tertiary/aromatic N) is 1. The number of nitrogens with two attached hydrogens (primary N) is 1. The van der Waals surface area contributed by atoms with Gasteiger partial charge in [0.25, 0.3) is 0 Å². The van der Waals surface area contributed by atoms with Crippen molar-refractivity contribution in [2.75, 3.05) is 23.1 Å². The smallest absolute Gasteiger partial charge is 0.149 e. The first-order valence-corrected chi connectivity index (χ1v) is 7.12. The molecule has 0 aromatic heterocycles. The quantitative estimate of drug-likeness (QED) is 0.780. The van der Waals surface area contributed by atoms with Gasteiger partial charge in [0.1, 0.15) is 15.9 Å². The maximum Gasteiger partial charge on any atom is 0.149 e. The van der Waals surface area contributed by atoms with Gasteiger partial charge in [-0.1, -0.05) is 0 Å². The van der Waals surface area contributed by atoms with E-state index in [0.29, 0.717) is 16.9 Å². The van der Waals surface area contributed by atoms with Crippen LogP contribution >= 0.6 is 0 Å². The molecular formula is C11H15N3O2S. The van der Waals surface area contributed by atoms with Gasteiger partial charge in [-0.3, -0.25) is 0 Å². The number of anilines is 2. The van der Waals surface area contributed by atoms with Gasteiger partial charge in [-0.25, -0.2) is 8.42 Å². The van der Waals surface area contributed by atoms with Crippen molar-refractivity contribution in [1.82, 2.24) is 0 Å². The van der Waals surface area contributed by atoms with E-state index in [0.717, 1.165) is 0 Å². The fourth-order valence-corrected chi connectivity index (χ4v) is 2.53. The number of sulfone groups is 1. The molecule has 1 aromatic carbocycles. The van der Waals surface area contributed by atoms with Crippen LogP contribution in [0.4, 0.5) is 11.4 Å². The molecule has 0 radical (unpaired) electrons. The summed E-state index contributed by atoms with van der Waals surface area (Å²) in [6.07, 6.45) is 1.19. The maximum absolute atomic E-state index is 11.1. The molecular weight excluding hydrogens is 238 g/mol. The Bertz CT molecular complexity index is 546. The predicted molar refractivity (Wildman–Crippen MR) is 68.4 cm³/mol. The van der Waals surface area contributed by atoms with E-state index in [2.05, 4.69) is 5.32 Å². The second-order valence-electron chi connectivity index (χ2n) is 4.05. The first-order chi connectivity index (χ1) is 7.81. The highest BCUT2D eigenvalue weighted by Crippen LogP contribution is 2.17. The molecule has 0 fully saturated rings. The molecule has 3 N–H and O–H groups in total. The number of nitriles is 1. The molecule has 1 rings (SSSR count). The van der Waals surface area contributed by atoms with Gasteiger partial charge in [-0.05, 0) is 25.1 Å². The van der Waals surface area contributed by atoms with E-state index in [4.69, 9.17) is 11.0 Å². The minimum absolute atomic E-state index is 0.0485. The van der Waals surface area contributed by atoms with Gasteiger partial charge >= 0.3 is 0 Å². The van der Waals surface area contributed by atoms with E-state index in [1.54, 1.807) is 25.1 Å². The molecule has 0 aliphatic rings. The molecule has 5 nitrogen and oxygen atoms in total. The van der Waals surface area contributed by atoms with Crippen LogP contribution in [-0.2, 0) is 9.84 Å². The van der Waals surface area contributed by atoms with E-state index in [1.165, 1.54) is 6.26 Å². The van der Waals surface area contributed by atoms with Crippen LogP contribution in [0.25, 0.3) is 0 Å². The van der Waals surface area contributed by atoms with E-state index in [-0.39, 0.29) is 11.8 Å². The van der Waals surface area contributed by atoms with Crippen molar-refractivity contribution in [2.45, 2.75) is 13.0 Å². The summed E-state index contributed by atoms with van der Waals surface area (Å²) in [5.74, 6) is 0.0485. The van der Waals surface area contributed by atoms with Gasteiger partial charge in [0, 0.05) is 18.0 Å². The lowest BCUT2D eigenvalue weighted by atomic mass is 10.1. The zero-order chi connectivity index (χ0) is 13.1. The average Bonchev–Trinajstić information content (AvgIpc) is 2.14. The summed E-state index contributed by atoms with van der Waals surface area (Å²) in [4.78, 5) is 0. The Morgan fingerprint density at radius 3 is 2.65 bits per heavy atom. The zero-order valence-corrected chi connectivity index (χ0v) is 10.6. The van der Waals surface area contributed by atoms with Crippen LogP contribution in [0.3, 0.4) is 0 Å². The summed E-state index contributed by atoms with van der Waals surface area (Å²) < 4.78 is 22.2. The molecule has 1 atom stereocenters. The van der Waals surface area contributed by atoms with Crippen molar-refractivity contribution < 1.29 is 8.42 Å². The van der Waals surface area contributed by atoms with Gasteiger partial charge in [-0.15, -0.1) is 0 Å². The average molecular weight is 253 g/mol. The first-order valence-electron chi connectivity index (χ1n) is 5.05. The minimum atomic E-state index is -3.01. The van der Waals surface area contributed by atoms with Crippen molar-refractivity contribution >= 4 is 21.2 Å². The van der Waals surface area contributed by atoms with Crippen molar-refractivity contribution in [1.29, 1.82) is 5.26 Å². The Hall–Kier alpha value is -1.74. The van der Waals surface area contributed by atoms with Crippen LogP contribution in [-0.4, -0.2) is 26.5 Å². The number of nitrogen functional groups attached to an aromatic ring is 1. The Labute approximate surface area is 101 Å². The molecule has 92 valence electrons. The third-order valence-electron chi connectivity index (χ3n) is 2.14. The van der Waals surface area contributed by atoms with Crippen molar-refractivity contribution in [3.63, 3.8) is 0 Å².